The Morgan fingerprint density at radius 2 is 1.95 bits per heavy atom. The molecular formula is C25H30F5N5O7. The highest BCUT2D eigenvalue weighted by molar-refractivity contribution is 6.03. The van der Waals surface area contributed by atoms with Crippen LogP contribution in [0.5, 0.6) is 5.75 Å². The molecule has 232 valence electrons. The van der Waals surface area contributed by atoms with Crippen molar-refractivity contribution in [2.24, 2.45) is 5.73 Å². The molecule has 1 aromatic rings. The summed E-state index contributed by atoms with van der Waals surface area (Å²) in [6.45, 7) is 1.87. The van der Waals surface area contributed by atoms with E-state index in [1.165, 1.54) is 5.32 Å². The molecular weight excluding hydrogens is 577 g/mol. The number of nitrogens with zero attached hydrogens (tertiary/aromatic N) is 2. The minimum atomic E-state index is -5.27. The van der Waals surface area contributed by atoms with Crippen molar-refractivity contribution in [1.82, 2.24) is 15.1 Å². The lowest BCUT2D eigenvalue weighted by Gasteiger charge is -2.36. The van der Waals surface area contributed by atoms with Crippen molar-refractivity contribution in [2.75, 3.05) is 32.1 Å². The number of rotatable bonds is 10. The number of carbonyl (C=O) groups is 5. The highest BCUT2D eigenvalue weighted by Crippen LogP contribution is 2.42. The molecule has 0 radical (unpaired) electrons. The van der Waals surface area contributed by atoms with Crippen LogP contribution in [0.15, 0.2) is 12.1 Å². The smallest absolute Gasteiger partial charge is 0.471 e. The van der Waals surface area contributed by atoms with Crippen molar-refractivity contribution < 1.29 is 55.4 Å². The molecule has 4 N–H and O–H groups in total. The van der Waals surface area contributed by atoms with E-state index in [0.29, 0.717) is 18.9 Å². The fraction of sp³-hybridized carbons (Fsp3) is 0.560. The van der Waals surface area contributed by atoms with Crippen LogP contribution in [-0.4, -0.2) is 96.0 Å². The number of nitrogens with two attached hydrogens (primary N) is 1. The Morgan fingerprint density at radius 3 is 2.55 bits per heavy atom. The first kappa shape index (κ1) is 32.5. The van der Waals surface area contributed by atoms with E-state index in [1.54, 1.807) is 0 Å². The molecule has 1 fully saturated rings. The molecule has 5 amide bonds. The summed E-state index contributed by atoms with van der Waals surface area (Å²) in [5.74, 6) is -9.02. The predicted molar refractivity (Wildman–Crippen MR) is 134 cm³/mol. The Morgan fingerprint density at radius 1 is 1.29 bits per heavy atom. The summed E-state index contributed by atoms with van der Waals surface area (Å²) in [5.41, 5.74) is 3.06. The van der Waals surface area contributed by atoms with Crippen LogP contribution in [-0.2, 0) is 28.7 Å². The van der Waals surface area contributed by atoms with Gasteiger partial charge in [0.15, 0.2) is 11.6 Å². The lowest BCUT2D eigenvalue weighted by Crippen LogP contribution is -2.59. The van der Waals surface area contributed by atoms with E-state index >= 15 is 0 Å². The highest BCUT2D eigenvalue weighted by atomic mass is 19.4. The lowest BCUT2D eigenvalue weighted by molar-refractivity contribution is -0.175. The van der Waals surface area contributed by atoms with Gasteiger partial charge in [-0.25, -0.2) is 8.78 Å². The molecule has 2 aliphatic heterocycles. The molecule has 0 unspecified atom stereocenters. The van der Waals surface area contributed by atoms with E-state index in [4.69, 9.17) is 15.2 Å². The average molecular weight is 608 g/mol. The van der Waals surface area contributed by atoms with Crippen LogP contribution in [0.1, 0.15) is 33.1 Å². The molecule has 12 nitrogen and oxygen atoms in total. The number of carbonyl (C=O) groups excluding carboxylic acids is 5. The van der Waals surface area contributed by atoms with Gasteiger partial charge < -0.3 is 35.6 Å². The summed E-state index contributed by atoms with van der Waals surface area (Å²) < 4.78 is 77.4. The van der Waals surface area contributed by atoms with Gasteiger partial charge in [-0.15, -0.1) is 0 Å². The molecule has 0 aliphatic carbocycles. The van der Waals surface area contributed by atoms with Crippen LogP contribution in [0.3, 0.4) is 0 Å². The van der Waals surface area contributed by atoms with E-state index < -0.39 is 102 Å². The zero-order chi connectivity index (χ0) is 31.6. The number of hydrogen-bond donors (Lipinski definition) is 3. The number of likely N-dealkylation sites (tertiary alicyclic amines) is 1. The molecule has 1 aromatic carbocycles. The van der Waals surface area contributed by atoms with Crippen molar-refractivity contribution in [2.45, 2.75) is 63.0 Å². The third-order valence-electron chi connectivity index (χ3n) is 6.91. The molecule has 1 saturated heterocycles. The Hall–Kier alpha value is -4.02. The third-order valence-corrected chi connectivity index (χ3v) is 6.91. The van der Waals surface area contributed by atoms with E-state index in [-0.39, 0.29) is 6.61 Å². The van der Waals surface area contributed by atoms with Crippen LogP contribution in [0.25, 0.3) is 0 Å². The van der Waals surface area contributed by atoms with Gasteiger partial charge in [0.05, 0.1) is 13.2 Å². The number of likely N-dealkylation sites (N-methyl/N-ethyl adjacent to an activating group) is 1. The van der Waals surface area contributed by atoms with Gasteiger partial charge in [-0.1, -0.05) is 13.3 Å². The van der Waals surface area contributed by atoms with Crippen LogP contribution in [0.4, 0.5) is 27.6 Å². The van der Waals surface area contributed by atoms with Gasteiger partial charge >= 0.3 is 12.1 Å². The van der Waals surface area contributed by atoms with E-state index in [9.17, 15) is 45.9 Å². The molecule has 0 aromatic heterocycles. The van der Waals surface area contributed by atoms with Gasteiger partial charge in [-0.3, -0.25) is 24.0 Å². The number of primary amides is 1. The van der Waals surface area contributed by atoms with Crippen LogP contribution >= 0.6 is 0 Å². The number of anilines is 1. The Bertz CT molecular complexity index is 1260. The maximum Gasteiger partial charge on any atom is 0.471 e. The summed E-state index contributed by atoms with van der Waals surface area (Å²) >= 11 is 0. The normalized spacial score (nSPS) is 21.2. The molecule has 2 heterocycles. The standard InChI is InChI=1S/C25H30F5N5O7/c1-4-5-6-41-10-16(34(3)20(37)12(2)32-23(40)25(28,29)30)21(38)35-11-24(9-15(35)19(31)36)22(39)33-18-14(27)7-13(26)8-17(18)42-24/h7-8,12,15-16H,4-6,9-11H2,1-3H3,(H2,31,36)(H,32,40)(H,33,39)/t12-,15-,16-,24+/m0/s1. The Kier molecular flexibility index (Phi) is 9.64. The summed E-state index contributed by atoms with van der Waals surface area (Å²) in [6.07, 6.45) is -4.51. The number of nitrogens with one attached hydrogen (secondary N) is 2. The minimum Gasteiger partial charge on any atom is -0.473 e. The van der Waals surface area contributed by atoms with Crippen molar-refractivity contribution in [3.05, 3.63) is 23.8 Å². The van der Waals surface area contributed by atoms with Crippen LogP contribution in [0, 0.1) is 11.6 Å². The third kappa shape index (κ3) is 6.71. The fourth-order valence-corrected chi connectivity index (χ4v) is 4.61. The van der Waals surface area contributed by atoms with Gasteiger partial charge in [0, 0.05) is 32.2 Å². The van der Waals surface area contributed by atoms with E-state index in [0.717, 1.165) is 29.8 Å². The fourth-order valence-electron chi connectivity index (χ4n) is 4.61. The molecule has 42 heavy (non-hydrogen) atoms. The molecule has 4 atom stereocenters. The summed E-state index contributed by atoms with van der Waals surface area (Å²) in [7, 11) is 1.08. The molecule has 0 bridgehead atoms. The van der Waals surface area contributed by atoms with Gasteiger partial charge in [0.25, 0.3) is 5.91 Å². The monoisotopic (exact) mass is 607 g/mol. The van der Waals surface area contributed by atoms with E-state index in [1.807, 2.05) is 6.92 Å². The minimum absolute atomic E-state index is 0.144. The van der Waals surface area contributed by atoms with Crippen LogP contribution < -0.4 is 21.1 Å². The first-order valence-electron chi connectivity index (χ1n) is 12.8. The average Bonchev–Trinajstić information content (AvgIpc) is 3.29. The number of hydrogen-bond acceptors (Lipinski definition) is 7. The zero-order valence-corrected chi connectivity index (χ0v) is 22.8. The number of benzene rings is 1. The number of fused-ring (bicyclic) bond motifs is 1. The van der Waals surface area contributed by atoms with Gasteiger partial charge in [-0.05, 0) is 13.3 Å². The lowest BCUT2D eigenvalue weighted by atomic mass is 9.96. The maximum absolute atomic E-state index is 14.2. The molecule has 0 saturated carbocycles. The number of halogens is 5. The second-order valence-electron chi connectivity index (χ2n) is 9.99. The van der Waals surface area contributed by atoms with Gasteiger partial charge in [0.1, 0.15) is 29.6 Å². The van der Waals surface area contributed by atoms with Crippen molar-refractivity contribution in [3.8, 4) is 5.75 Å². The number of ether oxygens (including phenoxy) is 2. The van der Waals surface area contributed by atoms with Crippen molar-refractivity contribution in [3.63, 3.8) is 0 Å². The molecule has 1 spiro atoms. The molecule has 17 heteroatoms. The van der Waals surface area contributed by atoms with Gasteiger partial charge in [-0.2, -0.15) is 13.2 Å². The molecule has 3 rings (SSSR count). The maximum atomic E-state index is 14.2. The van der Waals surface area contributed by atoms with E-state index in [2.05, 4.69) is 5.32 Å². The Labute approximate surface area is 236 Å². The first-order valence-corrected chi connectivity index (χ1v) is 12.8. The second kappa shape index (κ2) is 12.5. The number of unbranched alkanes of at least 4 members (excludes halogenated alkanes) is 1. The summed E-state index contributed by atoms with van der Waals surface area (Å²) in [6, 6.07) is -3.44. The zero-order valence-electron chi connectivity index (χ0n) is 22.8. The largest absolute Gasteiger partial charge is 0.473 e. The number of amides is 5. The summed E-state index contributed by atoms with van der Waals surface area (Å²) in [4.78, 5) is 65.2. The number of alkyl halides is 3. The van der Waals surface area contributed by atoms with Gasteiger partial charge in [0.2, 0.25) is 23.3 Å². The predicted octanol–water partition coefficient (Wildman–Crippen LogP) is 0.831. The molecule has 2 aliphatic rings. The second-order valence-corrected chi connectivity index (χ2v) is 9.99. The van der Waals surface area contributed by atoms with Crippen molar-refractivity contribution in [1.29, 1.82) is 0 Å². The topological polar surface area (TPSA) is 160 Å². The first-order chi connectivity index (χ1) is 19.5. The highest BCUT2D eigenvalue weighted by Gasteiger charge is 2.58. The van der Waals surface area contributed by atoms with Crippen molar-refractivity contribution >= 4 is 35.2 Å². The SMILES string of the molecule is CCCCOC[C@@H](C(=O)N1C[C@@]2(C[C@H]1C(N)=O)Oc1cc(F)cc(F)c1NC2=O)N(C)C(=O)[C@H](C)NC(=O)C(F)(F)F. The quantitative estimate of drug-likeness (QED) is 0.262. The Balaban J connectivity index is 1.91. The summed E-state index contributed by atoms with van der Waals surface area (Å²) in [5, 5.41) is 3.76. The van der Waals surface area contributed by atoms with Crippen LogP contribution in [0.2, 0.25) is 0 Å².